The van der Waals surface area contributed by atoms with Gasteiger partial charge in [0.15, 0.2) is 0 Å². The third-order valence-electron chi connectivity index (χ3n) is 3.99. The van der Waals surface area contributed by atoms with Crippen LogP contribution in [0.5, 0.6) is 0 Å². The Balaban J connectivity index is 1.88. The van der Waals surface area contributed by atoms with Crippen molar-refractivity contribution in [3.05, 3.63) is 81.4 Å². The highest BCUT2D eigenvalue weighted by atomic mass is 19.1. The van der Waals surface area contributed by atoms with Crippen LogP contribution in [0.25, 0.3) is 5.70 Å². The van der Waals surface area contributed by atoms with Crippen LogP contribution in [0, 0.1) is 22.9 Å². The Bertz CT molecular complexity index is 955. The number of halogens is 1. The molecular formula is C16H12FN5O3. The molecule has 2 aliphatic rings. The standard InChI is InChI=1S/C16H12FN5O3/c1-9-5-6-10(8-18-9)20-16(23)14-7-13(22(24)25)11-3-2-4-12(17)15(11)21(14)19-20/h2-8,19,23H,1H3. The molecule has 2 aliphatic heterocycles. The summed E-state index contributed by atoms with van der Waals surface area (Å²) in [5, 5.41) is 24.4. The van der Waals surface area contributed by atoms with Crippen molar-refractivity contribution < 1.29 is 14.4 Å². The lowest BCUT2D eigenvalue weighted by atomic mass is 10.0. The molecule has 1 aromatic heterocycles. The molecule has 9 heteroatoms. The van der Waals surface area contributed by atoms with Crippen molar-refractivity contribution in [2.75, 3.05) is 10.0 Å². The second-order valence-electron chi connectivity index (χ2n) is 5.56. The molecule has 25 heavy (non-hydrogen) atoms. The van der Waals surface area contributed by atoms with E-state index in [0.29, 0.717) is 5.69 Å². The van der Waals surface area contributed by atoms with Crippen molar-refractivity contribution in [1.82, 2.24) is 10.5 Å². The minimum Gasteiger partial charge on any atom is -0.492 e. The number of hydrogen-bond acceptors (Lipinski definition) is 7. The Hall–Kier alpha value is -3.46. The summed E-state index contributed by atoms with van der Waals surface area (Å²) in [6.45, 7) is 1.82. The first-order valence-electron chi connectivity index (χ1n) is 7.35. The molecule has 0 saturated carbocycles. The van der Waals surface area contributed by atoms with E-state index in [-0.39, 0.29) is 28.5 Å². The topological polar surface area (TPSA) is 94.8 Å². The fourth-order valence-electron chi connectivity index (χ4n) is 2.80. The van der Waals surface area contributed by atoms with E-state index in [1.807, 2.05) is 6.92 Å². The largest absolute Gasteiger partial charge is 0.492 e. The average Bonchev–Trinajstić information content (AvgIpc) is 2.91. The van der Waals surface area contributed by atoms with Gasteiger partial charge < -0.3 is 5.11 Å². The van der Waals surface area contributed by atoms with E-state index >= 15 is 0 Å². The van der Waals surface area contributed by atoms with Crippen molar-refractivity contribution >= 4 is 17.1 Å². The minimum absolute atomic E-state index is 0.0270. The summed E-state index contributed by atoms with van der Waals surface area (Å²) in [7, 11) is 0. The van der Waals surface area contributed by atoms with E-state index in [1.165, 1.54) is 40.5 Å². The predicted molar refractivity (Wildman–Crippen MR) is 88.1 cm³/mol. The first-order chi connectivity index (χ1) is 12.0. The Morgan fingerprint density at radius 2 is 2.08 bits per heavy atom. The number of benzene rings is 1. The highest BCUT2D eigenvalue weighted by molar-refractivity contribution is 5.82. The van der Waals surface area contributed by atoms with E-state index < -0.39 is 10.7 Å². The van der Waals surface area contributed by atoms with Crippen LogP contribution in [0.3, 0.4) is 0 Å². The van der Waals surface area contributed by atoms with E-state index in [1.54, 1.807) is 12.1 Å². The van der Waals surface area contributed by atoms with Crippen LogP contribution in [-0.4, -0.2) is 15.0 Å². The van der Waals surface area contributed by atoms with E-state index in [0.717, 1.165) is 5.69 Å². The highest BCUT2D eigenvalue weighted by Gasteiger charge is 2.39. The third-order valence-corrected chi connectivity index (χ3v) is 3.99. The lowest BCUT2D eigenvalue weighted by Crippen LogP contribution is -2.43. The lowest BCUT2D eigenvalue weighted by Gasteiger charge is -2.27. The van der Waals surface area contributed by atoms with Crippen LogP contribution < -0.4 is 15.6 Å². The molecule has 126 valence electrons. The summed E-state index contributed by atoms with van der Waals surface area (Å²) in [6, 6.07) is 7.52. The van der Waals surface area contributed by atoms with Gasteiger partial charge in [-0.2, -0.15) is 0 Å². The molecule has 0 saturated heterocycles. The summed E-state index contributed by atoms with van der Waals surface area (Å²) in [4.78, 5) is 14.9. The number of nitrogens with zero attached hydrogens (tertiary/aromatic N) is 4. The first-order valence-corrected chi connectivity index (χ1v) is 7.35. The Morgan fingerprint density at radius 1 is 1.28 bits per heavy atom. The van der Waals surface area contributed by atoms with Crippen LogP contribution in [0.4, 0.5) is 15.8 Å². The number of aliphatic hydroxyl groups is 1. The average molecular weight is 341 g/mol. The second kappa shape index (κ2) is 5.28. The molecule has 0 unspecified atom stereocenters. The lowest BCUT2D eigenvalue weighted by molar-refractivity contribution is -0.375. The monoisotopic (exact) mass is 341 g/mol. The number of anilines is 2. The minimum atomic E-state index is -0.647. The molecule has 8 nitrogen and oxygen atoms in total. The Labute approximate surface area is 141 Å². The van der Waals surface area contributed by atoms with Gasteiger partial charge in [-0.15, -0.1) is 5.53 Å². The normalized spacial score (nSPS) is 15.8. The number of para-hydroxylation sites is 1. The second-order valence-corrected chi connectivity index (χ2v) is 5.56. The van der Waals surface area contributed by atoms with Crippen LogP contribution in [0.1, 0.15) is 11.3 Å². The molecule has 0 bridgehead atoms. The number of rotatable bonds is 2. The molecular weight excluding hydrogens is 329 g/mol. The number of nitro groups is 1. The van der Waals surface area contributed by atoms with E-state index in [9.17, 15) is 19.6 Å². The number of aliphatic hydroxyl groups excluding tert-OH is 1. The van der Waals surface area contributed by atoms with Crippen LogP contribution in [-0.2, 0) is 0 Å². The summed E-state index contributed by atoms with van der Waals surface area (Å²) < 4.78 is 14.4. The first kappa shape index (κ1) is 15.1. The number of pyridine rings is 1. The molecule has 2 N–H and O–H groups in total. The Kier molecular flexibility index (Phi) is 3.19. The predicted octanol–water partition coefficient (Wildman–Crippen LogP) is 2.63. The van der Waals surface area contributed by atoms with Crippen molar-refractivity contribution in [2.24, 2.45) is 0 Å². The molecule has 3 heterocycles. The third kappa shape index (κ3) is 2.21. The van der Waals surface area contributed by atoms with Crippen LogP contribution in [0.15, 0.2) is 54.2 Å². The van der Waals surface area contributed by atoms with E-state index in [2.05, 4.69) is 10.5 Å². The maximum absolute atomic E-state index is 14.4. The zero-order chi connectivity index (χ0) is 17.7. The van der Waals surface area contributed by atoms with Gasteiger partial charge in [0.05, 0.1) is 22.4 Å². The maximum Gasteiger partial charge on any atom is 0.281 e. The molecule has 1 aromatic carbocycles. The fraction of sp³-hybridized carbons (Fsp3) is 0.0625. The van der Waals surface area contributed by atoms with Crippen molar-refractivity contribution in [2.45, 2.75) is 6.92 Å². The number of aryl methyl sites for hydroxylation is 1. The van der Waals surface area contributed by atoms with E-state index in [4.69, 9.17) is 0 Å². The van der Waals surface area contributed by atoms with Crippen molar-refractivity contribution in [1.29, 1.82) is 0 Å². The van der Waals surface area contributed by atoms with Gasteiger partial charge in [-0.1, -0.05) is 6.07 Å². The molecule has 0 spiro atoms. The zero-order valence-electron chi connectivity index (χ0n) is 13.0. The molecule has 0 amide bonds. The fourth-order valence-corrected chi connectivity index (χ4v) is 2.80. The number of hydrogen-bond donors (Lipinski definition) is 2. The quantitative estimate of drug-likeness (QED) is 0.640. The number of allylic oxidation sites excluding steroid dienone is 1. The van der Waals surface area contributed by atoms with Crippen molar-refractivity contribution in [3.8, 4) is 0 Å². The van der Waals surface area contributed by atoms with Crippen LogP contribution in [0.2, 0.25) is 0 Å². The van der Waals surface area contributed by atoms with Gasteiger partial charge in [0.2, 0.25) is 5.88 Å². The molecule has 2 aromatic rings. The van der Waals surface area contributed by atoms with Crippen molar-refractivity contribution in [3.63, 3.8) is 0 Å². The number of aromatic nitrogens is 1. The SMILES string of the molecule is Cc1ccc(N2NN3C(=C2O)C=C([N+](=O)[O-])c2cccc(F)c23)cn1. The van der Waals surface area contributed by atoms with Crippen LogP contribution >= 0.6 is 0 Å². The van der Waals surface area contributed by atoms with Gasteiger partial charge in [-0.05, 0) is 31.2 Å². The Morgan fingerprint density at radius 3 is 2.76 bits per heavy atom. The highest BCUT2D eigenvalue weighted by Crippen LogP contribution is 2.40. The summed E-state index contributed by atoms with van der Waals surface area (Å²) in [5.74, 6) is -0.939. The summed E-state index contributed by atoms with van der Waals surface area (Å²) in [6.07, 6.45) is 2.73. The van der Waals surface area contributed by atoms with Gasteiger partial charge in [-0.25, -0.2) is 14.4 Å². The number of hydrazine groups is 2. The van der Waals surface area contributed by atoms with Gasteiger partial charge >= 0.3 is 0 Å². The van der Waals surface area contributed by atoms with Gasteiger partial charge in [0, 0.05) is 11.8 Å². The number of fused-ring (bicyclic) bond motifs is 3. The van der Waals surface area contributed by atoms with Gasteiger partial charge in [0.25, 0.3) is 5.70 Å². The van der Waals surface area contributed by atoms with Gasteiger partial charge in [-0.3, -0.25) is 15.1 Å². The molecule has 0 aliphatic carbocycles. The summed E-state index contributed by atoms with van der Waals surface area (Å²) in [5.41, 5.74) is 4.00. The zero-order valence-corrected chi connectivity index (χ0v) is 13.0. The molecule has 0 fully saturated rings. The summed E-state index contributed by atoms with van der Waals surface area (Å²) >= 11 is 0. The molecule has 0 radical (unpaired) electrons. The molecule has 4 rings (SSSR count). The smallest absolute Gasteiger partial charge is 0.281 e. The molecule has 0 atom stereocenters. The maximum atomic E-state index is 14.4. The van der Waals surface area contributed by atoms with Gasteiger partial charge in [0.1, 0.15) is 17.2 Å². The number of nitrogens with one attached hydrogen (secondary N) is 1.